The fourth-order valence-electron chi connectivity index (χ4n) is 1.68. The zero-order valence-electron chi connectivity index (χ0n) is 8.68. The van der Waals surface area contributed by atoms with Gasteiger partial charge in [0.15, 0.2) is 0 Å². The summed E-state index contributed by atoms with van der Waals surface area (Å²) in [6.07, 6.45) is 7.27. The zero-order chi connectivity index (χ0) is 10.6. The maximum absolute atomic E-state index is 9.16. The van der Waals surface area contributed by atoms with Crippen molar-refractivity contribution in [3.63, 3.8) is 0 Å². The molecule has 0 radical (unpaired) electrons. The molecule has 14 heavy (non-hydrogen) atoms. The molecular weight excluding hydrogens is 179 g/mol. The summed E-state index contributed by atoms with van der Waals surface area (Å²) in [6.45, 7) is 2.13. The van der Waals surface area contributed by atoms with Crippen LogP contribution in [0.1, 0.15) is 19.8 Å². The molecule has 2 unspecified atom stereocenters. The van der Waals surface area contributed by atoms with Gasteiger partial charge in [0.25, 0.3) is 0 Å². The average Bonchev–Trinajstić information content (AvgIpc) is 2.10. The lowest BCUT2D eigenvalue weighted by molar-refractivity contribution is 0.112. The summed E-state index contributed by atoms with van der Waals surface area (Å²) in [5.74, 6) is 0.499. The van der Waals surface area contributed by atoms with Crippen LogP contribution in [-0.2, 0) is 4.74 Å². The van der Waals surface area contributed by atoms with Crippen molar-refractivity contribution in [2.75, 3.05) is 7.11 Å². The minimum atomic E-state index is -1.42. The molecule has 0 saturated carbocycles. The molecular formula is C10H17BO3. The van der Waals surface area contributed by atoms with Gasteiger partial charge in [-0.3, -0.25) is 0 Å². The molecule has 0 aromatic carbocycles. The van der Waals surface area contributed by atoms with E-state index in [0.717, 1.165) is 12.8 Å². The first-order chi connectivity index (χ1) is 6.65. The Morgan fingerprint density at radius 1 is 1.50 bits per heavy atom. The molecule has 4 heteroatoms. The monoisotopic (exact) mass is 196 g/mol. The van der Waals surface area contributed by atoms with Crippen molar-refractivity contribution >= 4 is 7.12 Å². The summed E-state index contributed by atoms with van der Waals surface area (Å²) in [6, 6.07) is 0. The first kappa shape index (κ1) is 11.5. The van der Waals surface area contributed by atoms with Crippen molar-refractivity contribution < 1.29 is 14.8 Å². The molecule has 2 atom stereocenters. The van der Waals surface area contributed by atoms with Crippen LogP contribution in [0.15, 0.2) is 23.7 Å². The number of hydrogen-bond acceptors (Lipinski definition) is 3. The van der Waals surface area contributed by atoms with Crippen LogP contribution in [0.2, 0.25) is 0 Å². The molecule has 0 aromatic heterocycles. The largest absolute Gasteiger partial charge is 0.486 e. The van der Waals surface area contributed by atoms with E-state index in [2.05, 4.69) is 6.92 Å². The molecule has 0 amide bonds. The van der Waals surface area contributed by atoms with Crippen LogP contribution in [0.3, 0.4) is 0 Å². The number of methoxy groups -OCH3 is 1. The van der Waals surface area contributed by atoms with E-state index < -0.39 is 7.12 Å². The van der Waals surface area contributed by atoms with Crippen LogP contribution < -0.4 is 0 Å². The Kier molecular flexibility index (Phi) is 4.39. The second-order valence-corrected chi connectivity index (χ2v) is 3.77. The lowest BCUT2D eigenvalue weighted by Gasteiger charge is -2.22. The standard InChI is InChI=1S/C10H17BO3/c1-8-5-3-4-6-9(11(12)13)10(7-8)14-2/h3-4,6,8,10,12-13H,5,7H2,1-2H3/b4-3-,9-6+. The molecule has 0 aliphatic heterocycles. The van der Waals surface area contributed by atoms with E-state index >= 15 is 0 Å². The van der Waals surface area contributed by atoms with Gasteiger partial charge in [-0.1, -0.05) is 25.2 Å². The van der Waals surface area contributed by atoms with Gasteiger partial charge >= 0.3 is 7.12 Å². The summed E-state index contributed by atoms with van der Waals surface area (Å²) in [4.78, 5) is 0. The van der Waals surface area contributed by atoms with Crippen molar-refractivity contribution in [3.05, 3.63) is 23.7 Å². The number of allylic oxidation sites excluding steroid dienone is 3. The first-order valence-corrected chi connectivity index (χ1v) is 4.90. The van der Waals surface area contributed by atoms with E-state index in [-0.39, 0.29) is 6.10 Å². The lowest BCUT2D eigenvalue weighted by Crippen LogP contribution is -2.29. The third kappa shape index (κ3) is 2.98. The van der Waals surface area contributed by atoms with Crippen molar-refractivity contribution in [1.82, 2.24) is 0 Å². The fourth-order valence-corrected chi connectivity index (χ4v) is 1.68. The quantitative estimate of drug-likeness (QED) is 0.645. The summed E-state index contributed by atoms with van der Waals surface area (Å²) >= 11 is 0. The Morgan fingerprint density at radius 3 is 2.79 bits per heavy atom. The van der Waals surface area contributed by atoms with E-state index in [9.17, 15) is 0 Å². The molecule has 0 heterocycles. The normalized spacial score (nSPS) is 33.9. The highest BCUT2D eigenvalue weighted by Crippen LogP contribution is 2.21. The second kappa shape index (κ2) is 5.34. The second-order valence-electron chi connectivity index (χ2n) is 3.77. The van der Waals surface area contributed by atoms with Crippen LogP contribution in [-0.4, -0.2) is 30.4 Å². The van der Waals surface area contributed by atoms with Crippen LogP contribution in [0.5, 0.6) is 0 Å². The van der Waals surface area contributed by atoms with Crippen LogP contribution in [0.25, 0.3) is 0 Å². The molecule has 1 aliphatic rings. The highest BCUT2D eigenvalue weighted by molar-refractivity contribution is 6.51. The Morgan fingerprint density at radius 2 is 2.21 bits per heavy atom. The molecule has 0 fully saturated rings. The van der Waals surface area contributed by atoms with Gasteiger partial charge in [0.2, 0.25) is 0 Å². The van der Waals surface area contributed by atoms with E-state index in [1.54, 1.807) is 13.2 Å². The molecule has 0 bridgehead atoms. The van der Waals surface area contributed by atoms with Gasteiger partial charge in [0, 0.05) is 7.11 Å². The molecule has 0 spiro atoms. The van der Waals surface area contributed by atoms with Gasteiger partial charge in [-0.25, -0.2) is 0 Å². The SMILES string of the molecule is COC1CC(C)C/C=C\C=C/1B(O)O. The van der Waals surface area contributed by atoms with Crippen LogP contribution in [0.4, 0.5) is 0 Å². The molecule has 1 aliphatic carbocycles. The van der Waals surface area contributed by atoms with Gasteiger partial charge in [0.05, 0.1) is 6.10 Å². The molecule has 2 N–H and O–H groups in total. The van der Waals surface area contributed by atoms with E-state index in [0.29, 0.717) is 11.4 Å². The van der Waals surface area contributed by atoms with Gasteiger partial charge in [-0.15, -0.1) is 0 Å². The minimum absolute atomic E-state index is 0.185. The van der Waals surface area contributed by atoms with Crippen molar-refractivity contribution in [1.29, 1.82) is 0 Å². The number of rotatable bonds is 2. The summed E-state index contributed by atoms with van der Waals surface area (Å²) < 4.78 is 5.25. The maximum Gasteiger partial charge on any atom is 0.486 e. The smallest absolute Gasteiger partial charge is 0.423 e. The van der Waals surface area contributed by atoms with Gasteiger partial charge < -0.3 is 14.8 Å². The Hall–Kier alpha value is -0.575. The number of hydrogen-bond donors (Lipinski definition) is 2. The Balaban J connectivity index is 2.83. The van der Waals surface area contributed by atoms with Crippen molar-refractivity contribution in [2.45, 2.75) is 25.9 Å². The van der Waals surface area contributed by atoms with Gasteiger partial charge in [-0.2, -0.15) is 0 Å². The lowest BCUT2D eigenvalue weighted by atomic mass is 9.72. The fraction of sp³-hybridized carbons (Fsp3) is 0.600. The van der Waals surface area contributed by atoms with Gasteiger partial charge in [-0.05, 0) is 24.2 Å². The van der Waals surface area contributed by atoms with E-state index in [1.165, 1.54) is 0 Å². The average molecular weight is 196 g/mol. The highest BCUT2D eigenvalue weighted by Gasteiger charge is 2.25. The molecule has 3 nitrogen and oxygen atoms in total. The summed E-state index contributed by atoms with van der Waals surface area (Å²) in [5, 5.41) is 18.3. The Bertz CT molecular complexity index is 236. The summed E-state index contributed by atoms with van der Waals surface area (Å²) in [5.41, 5.74) is 0.537. The predicted octanol–water partition coefficient (Wildman–Crippen LogP) is 0.926. The molecule has 0 saturated heterocycles. The van der Waals surface area contributed by atoms with Crippen LogP contribution in [0, 0.1) is 5.92 Å². The summed E-state index contributed by atoms with van der Waals surface area (Å²) in [7, 11) is 0.175. The molecule has 1 rings (SSSR count). The van der Waals surface area contributed by atoms with Crippen molar-refractivity contribution in [3.8, 4) is 0 Å². The Labute approximate surface area is 85.2 Å². The molecule has 78 valence electrons. The van der Waals surface area contributed by atoms with E-state index in [1.807, 2.05) is 12.2 Å². The topological polar surface area (TPSA) is 49.7 Å². The highest BCUT2D eigenvalue weighted by atomic mass is 16.5. The predicted molar refractivity (Wildman–Crippen MR) is 56.6 cm³/mol. The van der Waals surface area contributed by atoms with Crippen LogP contribution >= 0.6 is 0 Å². The third-order valence-corrected chi connectivity index (χ3v) is 2.53. The maximum atomic E-state index is 9.16. The first-order valence-electron chi connectivity index (χ1n) is 4.90. The van der Waals surface area contributed by atoms with Gasteiger partial charge in [0.1, 0.15) is 0 Å². The third-order valence-electron chi connectivity index (χ3n) is 2.53. The zero-order valence-corrected chi connectivity index (χ0v) is 8.68. The van der Waals surface area contributed by atoms with E-state index in [4.69, 9.17) is 14.8 Å². The minimum Gasteiger partial charge on any atom is -0.423 e. The number of ether oxygens (including phenoxy) is 1. The van der Waals surface area contributed by atoms with Crippen molar-refractivity contribution in [2.24, 2.45) is 5.92 Å². The molecule has 0 aromatic rings.